The molecule has 35 heavy (non-hydrogen) atoms. The Labute approximate surface area is 204 Å². The Balaban J connectivity index is 2.88. The second-order valence-electron chi connectivity index (χ2n) is 8.92. The van der Waals surface area contributed by atoms with Crippen LogP contribution in [0.5, 0.6) is 0 Å². The monoisotopic (exact) mass is 498 g/mol. The maximum absolute atomic E-state index is 12.9. The molecule has 1 fully saturated rings. The lowest BCUT2D eigenvalue weighted by atomic mass is 10.0. The first kappa shape index (κ1) is 29.6. The van der Waals surface area contributed by atoms with E-state index < -0.39 is 60.2 Å². The lowest BCUT2D eigenvalue weighted by Gasteiger charge is -2.25. The molecule has 14 nitrogen and oxygen atoms in total. The van der Waals surface area contributed by atoms with Gasteiger partial charge in [0.05, 0.1) is 12.5 Å². The van der Waals surface area contributed by atoms with Crippen molar-refractivity contribution in [1.29, 1.82) is 0 Å². The molecule has 14 heteroatoms. The molecule has 1 rings (SSSR count). The Hall–Kier alpha value is -3.42. The number of hydrogen-bond donors (Lipinski definition) is 8. The van der Waals surface area contributed by atoms with Crippen LogP contribution < -0.4 is 38.5 Å². The van der Waals surface area contributed by atoms with Gasteiger partial charge >= 0.3 is 5.97 Å². The number of primary amides is 1. The van der Waals surface area contributed by atoms with Gasteiger partial charge in [-0.2, -0.15) is 0 Å². The summed E-state index contributed by atoms with van der Waals surface area (Å²) in [5.74, 6) is -4.13. The van der Waals surface area contributed by atoms with Crippen molar-refractivity contribution in [3.63, 3.8) is 0 Å². The van der Waals surface area contributed by atoms with Crippen molar-refractivity contribution in [3.05, 3.63) is 0 Å². The third-order valence-electron chi connectivity index (χ3n) is 5.32. The van der Waals surface area contributed by atoms with Gasteiger partial charge in [-0.25, -0.2) is 4.79 Å². The number of guanidine groups is 1. The summed E-state index contributed by atoms with van der Waals surface area (Å²) in [7, 11) is 0. The quantitative estimate of drug-likeness (QED) is 0.0661. The van der Waals surface area contributed by atoms with E-state index in [-0.39, 0.29) is 31.3 Å². The number of aliphatic imine (C=N–C) groups is 1. The second kappa shape index (κ2) is 14.8. The fourth-order valence-corrected chi connectivity index (χ4v) is 3.60. The van der Waals surface area contributed by atoms with Crippen molar-refractivity contribution in [2.45, 2.75) is 76.5 Å². The van der Waals surface area contributed by atoms with Crippen molar-refractivity contribution in [2.75, 3.05) is 13.1 Å². The maximum Gasteiger partial charge on any atom is 0.326 e. The van der Waals surface area contributed by atoms with Crippen LogP contribution in [0.3, 0.4) is 0 Å². The van der Waals surface area contributed by atoms with Crippen molar-refractivity contribution in [3.8, 4) is 0 Å². The van der Waals surface area contributed by atoms with Gasteiger partial charge in [0.15, 0.2) is 5.96 Å². The average Bonchev–Trinajstić information content (AvgIpc) is 3.28. The highest BCUT2D eigenvalue weighted by Gasteiger charge is 2.32. The number of nitrogens with zero attached hydrogens (tertiary/aromatic N) is 1. The molecule has 1 heterocycles. The van der Waals surface area contributed by atoms with Gasteiger partial charge in [-0.15, -0.1) is 0 Å². The fourth-order valence-electron chi connectivity index (χ4n) is 3.60. The Morgan fingerprint density at radius 1 is 1.00 bits per heavy atom. The molecule has 11 N–H and O–H groups in total. The van der Waals surface area contributed by atoms with E-state index in [1.807, 2.05) is 13.8 Å². The van der Waals surface area contributed by atoms with Gasteiger partial charge in [0.2, 0.25) is 23.6 Å². The summed E-state index contributed by atoms with van der Waals surface area (Å²) in [5.41, 5.74) is 15.7. The minimum absolute atomic E-state index is 0.0388. The summed E-state index contributed by atoms with van der Waals surface area (Å²) in [4.78, 5) is 65.2. The Morgan fingerprint density at radius 3 is 2.14 bits per heavy atom. The van der Waals surface area contributed by atoms with Crippen LogP contribution in [0, 0.1) is 5.92 Å². The van der Waals surface area contributed by atoms with Gasteiger partial charge in [0.1, 0.15) is 18.1 Å². The number of carbonyl (C=O) groups excluding carboxylic acids is 4. The molecule has 198 valence electrons. The number of nitrogens with one attached hydrogen (secondary N) is 4. The molecule has 1 saturated heterocycles. The first-order chi connectivity index (χ1) is 16.4. The van der Waals surface area contributed by atoms with Gasteiger partial charge in [-0.1, -0.05) is 13.8 Å². The smallest absolute Gasteiger partial charge is 0.326 e. The largest absolute Gasteiger partial charge is 0.480 e. The zero-order valence-corrected chi connectivity index (χ0v) is 20.2. The predicted molar refractivity (Wildman–Crippen MR) is 128 cm³/mol. The van der Waals surface area contributed by atoms with Gasteiger partial charge in [0.25, 0.3) is 0 Å². The van der Waals surface area contributed by atoms with E-state index in [0.717, 1.165) is 6.42 Å². The second-order valence-corrected chi connectivity index (χ2v) is 8.92. The minimum Gasteiger partial charge on any atom is -0.480 e. The zero-order chi connectivity index (χ0) is 26.5. The van der Waals surface area contributed by atoms with E-state index in [4.69, 9.17) is 17.2 Å². The molecule has 0 aromatic carbocycles. The number of carboxylic acid groups (broad SMARTS) is 1. The van der Waals surface area contributed by atoms with Crippen LogP contribution in [0.2, 0.25) is 0 Å². The lowest BCUT2D eigenvalue weighted by molar-refractivity contribution is -0.142. The van der Waals surface area contributed by atoms with E-state index in [9.17, 15) is 29.1 Å². The molecule has 0 bridgehead atoms. The molecule has 4 atom stereocenters. The third kappa shape index (κ3) is 11.5. The lowest BCUT2D eigenvalue weighted by Crippen LogP contribution is -2.57. The van der Waals surface area contributed by atoms with Crippen LogP contribution in [0.15, 0.2) is 4.99 Å². The van der Waals surface area contributed by atoms with Gasteiger partial charge in [-0.3, -0.25) is 24.2 Å². The highest BCUT2D eigenvalue weighted by Crippen LogP contribution is 2.09. The molecule has 1 aliphatic heterocycles. The molecule has 4 amide bonds. The number of carboxylic acids is 1. The summed E-state index contributed by atoms with van der Waals surface area (Å²) in [6, 6.07) is -4.08. The van der Waals surface area contributed by atoms with Crippen molar-refractivity contribution < 1.29 is 29.1 Å². The topological polar surface area (TPSA) is 244 Å². The van der Waals surface area contributed by atoms with E-state index in [2.05, 4.69) is 26.3 Å². The molecule has 0 saturated carbocycles. The van der Waals surface area contributed by atoms with Crippen molar-refractivity contribution in [1.82, 2.24) is 21.3 Å². The Bertz CT molecular complexity index is 793. The van der Waals surface area contributed by atoms with Crippen molar-refractivity contribution >= 4 is 35.6 Å². The molecule has 0 aromatic rings. The van der Waals surface area contributed by atoms with Gasteiger partial charge < -0.3 is 43.6 Å². The van der Waals surface area contributed by atoms with Crippen LogP contribution in [0.4, 0.5) is 0 Å². The summed E-state index contributed by atoms with van der Waals surface area (Å²) in [6.07, 6.45) is 1.50. The average molecular weight is 499 g/mol. The first-order valence-corrected chi connectivity index (χ1v) is 11.6. The third-order valence-corrected chi connectivity index (χ3v) is 5.32. The van der Waals surface area contributed by atoms with Crippen LogP contribution in [0.25, 0.3) is 0 Å². The van der Waals surface area contributed by atoms with E-state index in [1.165, 1.54) is 0 Å². The van der Waals surface area contributed by atoms with E-state index in [1.54, 1.807) is 0 Å². The Morgan fingerprint density at radius 2 is 1.63 bits per heavy atom. The number of amides is 4. The standard InChI is InChI=1S/C21H38N8O6/c1-11(2)9-14(18(32)27-13(20(34)35)6-4-8-26-21(23)24)28-19(33)15(10-16(22)30)29-17(31)12-5-3-7-25-12/h11-15,25H,3-10H2,1-2H3,(H2,22,30)(H,27,32)(H,28,33)(H,29,31)(H,34,35)(H4,23,24,26). The summed E-state index contributed by atoms with van der Waals surface area (Å²) < 4.78 is 0. The molecule has 4 unspecified atom stereocenters. The number of carbonyl (C=O) groups is 5. The molecular formula is C21H38N8O6. The SMILES string of the molecule is CC(C)CC(NC(=O)C(CC(N)=O)NC(=O)C1CCCN1)C(=O)NC(CCCN=C(N)N)C(=O)O. The van der Waals surface area contributed by atoms with Crippen LogP contribution in [0.1, 0.15) is 52.4 Å². The predicted octanol–water partition coefficient (Wildman–Crippen LogP) is -2.75. The number of aliphatic carboxylic acids is 1. The maximum atomic E-state index is 12.9. The highest BCUT2D eigenvalue weighted by molar-refractivity contribution is 5.96. The number of rotatable bonds is 15. The van der Waals surface area contributed by atoms with E-state index in [0.29, 0.717) is 19.4 Å². The first-order valence-electron chi connectivity index (χ1n) is 11.6. The normalized spacial score (nSPS) is 17.6. The summed E-state index contributed by atoms with van der Waals surface area (Å²) >= 11 is 0. The summed E-state index contributed by atoms with van der Waals surface area (Å²) in [6.45, 7) is 4.51. The van der Waals surface area contributed by atoms with Crippen molar-refractivity contribution in [2.24, 2.45) is 28.1 Å². The molecule has 0 radical (unpaired) electrons. The van der Waals surface area contributed by atoms with Crippen LogP contribution in [-0.4, -0.2) is 77.9 Å². The molecule has 0 spiro atoms. The molecule has 1 aliphatic rings. The van der Waals surface area contributed by atoms with Crippen LogP contribution in [-0.2, 0) is 24.0 Å². The van der Waals surface area contributed by atoms with Crippen LogP contribution >= 0.6 is 0 Å². The summed E-state index contributed by atoms with van der Waals surface area (Å²) in [5, 5.41) is 20.0. The zero-order valence-electron chi connectivity index (χ0n) is 20.2. The molecule has 0 aromatic heterocycles. The van der Waals surface area contributed by atoms with E-state index >= 15 is 0 Å². The number of hydrogen-bond acceptors (Lipinski definition) is 7. The molecular weight excluding hydrogens is 460 g/mol. The Kier molecular flexibility index (Phi) is 12.5. The highest BCUT2D eigenvalue weighted by atomic mass is 16.4. The van der Waals surface area contributed by atoms with Gasteiger partial charge in [-0.05, 0) is 44.6 Å². The fraction of sp³-hybridized carbons (Fsp3) is 0.714. The minimum atomic E-state index is -1.28. The molecule has 0 aliphatic carbocycles. The number of nitrogens with two attached hydrogens (primary N) is 3. The van der Waals surface area contributed by atoms with Gasteiger partial charge in [0, 0.05) is 6.54 Å².